The number of carboxylic acid groups (broad SMARTS) is 1. The molecule has 24 heavy (non-hydrogen) atoms. The predicted octanol–water partition coefficient (Wildman–Crippen LogP) is 0.885. The van der Waals surface area contributed by atoms with Gasteiger partial charge in [-0.1, -0.05) is 40.5 Å². The first-order valence-electron chi connectivity index (χ1n) is 8.88. The van der Waals surface area contributed by atoms with Gasteiger partial charge in [-0.2, -0.15) is 0 Å². The number of carboxylic acids is 1. The number of rotatable bonds is 9. The van der Waals surface area contributed by atoms with Crippen molar-refractivity contribution in [2.75, 3.05) is 6.54 Å². The van der Waals surface area contributed by atoms with Crippen LogP contribution < -0.4 is 16.0 Å². The van der Waals surface area contributed by atoms with Gasteiger partial charge in [0.05, 0.1) is 6.04 Å². The fraction of sp³-hybridized carbons (Fsp3) is 0.824. The van der Waals surface area contributed by atoms with Crippen molar-refractivity contribution in [1.82, 2.24) is 16.0 Å². The van der Waals surface area contributed by atoms with Crippen molar-refractivity contribution in [2.45, 2.75) is 71.5 Å². The lowest BCUT2D eigenvalue weighted by atomic mass is 9.95. The predicted molar refractivity (Wildman–Crippen MR) is 91.4 cm³/mol. The highest BCUT2D eigenvalue weighted by atomic mass is 16.4. The second-order valence-electron chi connectivity index (χ2n) is 6.73. The third kappa shape index (κ3) is 5.47. The van der Waals surface area contributed by atoms with Crippen molar-refractivity contribution in [1.29, 1.82) is 0 Å². The Morgan fingerprint density at radius 3 is 2.12 bits per heavy atom. The SMILES string of the molecule is CC[C@H](C)[C@H](NC(=O)[C@@H](NC(=O)[C@@H]1CCCN1)[C@@H](C)CC)C(=O)O. The maximum atomic E-state index is 12.6. The van der Waals surface area contributed by atoms with E-state index in [0.717, 1.165) is 19.4 Å². The number of nitrogens with one attached hydrogen (secondary N) is 3. The summed E-state index contributed by atoms with van der Waals surface area (Å²) in [5, 5.41) is 17.9. The van der Waals surface area contributed by atoms with Crippen LogP contribution in [0.4, 0.5) is 0 Å². The Bertz CT molecular complexity index is 449. The minimum absolute atomic E-state index is 0.0817. The molecule has 7 heteroatoms. The zero-order chi connectivity index (χ0) is 18.3. The average molecular weight is 341 g/mol. The summed E-state index contributed by atoms with van der Waals surface area (Å²) in [4.78, 5) is 36.4. The van der Waals surface area contributed by atoms with Crippen LogP contribution in [0.2, 0.25) is 0 Å². The molecule has 1 saturated heterocycles. The van der Waals surface area contributed by atoms with Crippen LogP contribution in [0, 0.1) is 11.8 Å². The van der Waals surface area contributed by atoms with Crippen LogP contribution in [0.5, 0.6) is 0 Å². The maximum absolute atomic E-state index is 12.6. The smallest absolute Gasteiger partial charge is 0.326 e. The lowest BCUT2D eigenvalue weighted by Gasteiger charge is -2.28. The molecule has 4 N–H and O–H groups in total. The summed E-state index contributed by atoms with van der Waals surface area (Å²) >= 11 is 0. The molecule has 0 aromatic rings. The molecule has 1 heterocycles. The molecule has 1 rings (SSSR count). The van der Waals surface area contributed by atoms with Gasteiger partial charge in [-0.15, -0.1) is 0 Å². The minimum Gasteiger partial charge on any atom is -0.480 e. The van der Waals surface area contributed by atoms with Gasteiger partial charge in [0.15, 0.2) is 0 Å². The molecule has 138 valence electrons. The first kappa shape index (κ1) is 20.4. The van der Waals surface area contributed by atoms with Crippen LogP contribution in [-0.4, -0.2) is 47.6 Å². The first-order chi connectivity index (χ1) is 11.3. The molecular weight excluding hydrogens is 310 g/mol. The van der Waals surface area contributed by atoms with Crippen LogP contribution in [0.15, 0.2) is 0 Å². The lowest BCUT2D eigenvalue weighted by molar-refractivity contribution is -0.144. The zero-order valence-electron chi connectivity index (χ0n) is 15.1. The molecule has 0 aliphatic carbocycles. The second kappa shape index (κ2) is 9.61. The van der Waals surface area contributed by atoms with E-state index in [1.54, 1.807) is 6.92 Å². The van der Waals surface area contributed by atoms with Gasteiger partial charge < -0.3 is 21.1 Å². The van der Waals surface area contributed by atoms with E-state index in [1.165, 1.54) is 0 Å². The first-order valence-corrected chi connectivity index (χ1v) is 8.88. The summed E-state index contributed by atoms with van der Waals surface area (Å²) in [6.45, 7) is 8.29. The summed E-state index contributed by atoms with van der Waals surface area (Å²) in [6, 6.07) is -1.94. The van der Waals surface area contributed by atoms with Crippen LogP contribution >= 0.6 is 0 Å². The Balaban J connectivity index is 2.80. The van der Waals surface area contributed by atoms with Gasteiger partial charge in [-0.05, 0) is 31.2 Å². The third-order valence-electron chi connectivity index (χ3n) is 4.95. The third-order valence-corrected chi connectivity index (χ3v) is 4.95. The van der Waals surface area contributed by atoms with Gasteiger partial charge in [0.1, 0.15) is 12.1 Å². The van der Waals surface area contributed by atoms with E-state index in [-0.39, 0.29) is 23.8 Å². The second-order valence-corrected chi connectivity index (χ2v) is 6.73. The summed E-state index contributed by atoms with van der Waals surface area (Å²) in [5.41, 5.74) is 0. The van der Waals surface area contributed by atoms with Gasteiger partial charge in [0, 0.05) is 0 Å². The molecule has 0 unspecified atom stereocenters. The van der Waals surface area contributed by atoms with Crippen LogP contribution in [-0.2, 0) is 14.4 Å². The molecule has 0 bridgehead atoms. The molecule has 5 atom stereocenters. The maximum Gasteiger partial charge on any atom is 0.326 e. The van der Waals surface area contributed by atoms with Crippen LogP contribution in [0.1, 0.15) is 53.4 Å². The number of amides is 2. The summed E-state index contributed by atoms with van der Waals surface area (Å²) < 4.78 is 0. The van der Waals surface area contributed by atoms with Crippen molar-refractivity contribution in [3.05, 3.63) is 0 Å². The number of aliphatic carboxylic acids is 1. The van der Waals surface area contributed by atoms with E-state index >= 15 is 0 Å². The molecule has 7 nitrogen and oxygen atoms in total. The van der Waals surface area contributed by atoms with E-state index in [9.17, 15) is 19.5 Å². The van der Waals surface area contributed by atoms with Gasteiger partial charge in [-0.3, -0.25) is 9.59 Å². The van der Waals surface area contributed by atoms with Gasteiger partial charge >= 0.3 is 5.97 Å². The monoisotopic (exact) mass is 341 g/mol. The molecule has 0 saturated carbocycles. The quantitative estimate of drug-likeness (QED) is 0.498. The van der Waals surface area contributed by atoms with E-state index < -0.39 is 24.0 Å². The van der Waals surface area contributed by atoms with Crippen molar-refractivity contribution >= 4 is 17.8 Å². The molecule has 2 amide bonds. The van der Waals surface area contributed by atoms with E-state index in [0.29, 0.717) is 12.8 Å². The Hall–Kier alpha value is -1.63. The van der Waals surface area contributed by atoms with E-state index in [1.807, 2.05) is 20.8 Å². The Morgan fingerprint density at radius 2 is 1.67 bits per heavy atom. The van der Waals surface area contributed by atoms with E-state index in [4.69, 9.17) is 0 Å². The zero-order valence-corrected chi connectivity index (χ0v) is 15.1. The van der Waals surface area contributed by atoms with Crippen LogP contribution in [0.3, 0.4) is 0 Å². The van der Waals surface area contributed by atoms with E-state index in [2.05, 4.69) is 16.0 Å². The lowest BCUT2D eigenvalue weighted by Crippen LogP contribution is -2.57. The van der Waals surface area contributed by atoms with Gasteiger partial charge in [0.2, 0.25) is 11.8 Å². The van der Waals surface area contributed by atoms with Crippen molar-refractivity contribution in [2.24, 2.45) is 11.8 Å². The standard InChI is InChI=1S/C17H31N3O4/c1-5-10(3)13(19-15(21)12-8-7-9-18-12)16(22)20-14(17(23)24)11(4)6-2/h10-14,18H,5-9H2,1-4H3,(H,19,21)(H,20,22)(H,23,24)/t10-,11-,12-,13-,14-/m0/s1. The fourth-order valence-corrected chi connectivity index (χ4v) is 2.79. The normalized spacial score (nSPS) is 22.2. The topological polar surface area (TPSA) is 108 Å². The molecule has 0 radical (unpaired) electrons. The minimum atomic E-state index is -1.05. The van der Waals surface area contributed by atoms with Crippen molar-refractivity contribution in [3.8, 4) is 0 Å². The summed E-state index contributed by atoms with van der Waals surface area (Å²) in [6.07, 6.45) is 3.04. The summed E-state index contributed by atoms with van der Waals surface area (Å²) in [5.74, 6) is -1.94. The highest BCUT2D eigenvalue weighted by Gasteiger charge is 2.33. The number of hydrogen-bond donors (Lipinski definition) is 4. The molecule has 1 fully saturated rings. The number of carbonyl (C=O) groups excluding carboxylic acids is 2. The van der Waals surface area contributed by atoms with Crippen molar-refractivity contribution < 1.29 is 19.5 Å². The highest BCUT2D eigenvalue weighted by molar-refractivity contribution is 5.92. The summed E-state index contributed by atoms with van der Waals surface area (Å²) in [7, 11) is 0. The molecule has 0 spiro atoms. The Morgan fingerprint density at radius 1 is 1.08 bits per heavy atom. The van der Waals surface area contributed by atoms with Gasteiger partial charge in [-0.25, -0.2) is 4.79 Å². The molecule has 1 aliphatic heterocycles. The van der Waals surface area contributed by atoms with Gasteiger partial charge in [0.25, 0.3) is 0 Å². The number of hydrogen-bond acceptors (Lipinski definition) is 4. The molecule has 0 aromatic heterocycles. The molecule has 1 aliphatic rings. The number of carbonyl (C=O) groups is 3. The highest BCUT2D eigenvalue weighted by Crippen LogP contribution is 2.13. The fourth-order valence-electron chi connectivity index (χ4n) is 2.79. The molecular formula is C17H31N3O4. The van der Waals surface area contributed by atoms with Crippen molar-refractivity contribution in [3.63, 3.8) is 0 Å². The Labute approximate surface area is 144 Å². The van der Waals surface area contributed by atoms with Crippen LogP contribution in [0.25, 0.3) is 0 Å². The largest absolute Gasteiger partial charge is 0.480 e. The Kier molecular flexibility index (Phi) is 8.18. The molecule has 0 aromatic carbocycles. The average Bonchev–Trinajstić information content (AvgIpc) is 3.10.